The van der Waals surface area contributed by atoms with E-state index in [1.807, 2.05) is 12.1 Å². The van der Waals surface area contributed by atoms with Crippen LogP contribution in [0.4, 0.5) is 4.39 Å². The van der Waals surface area contributed by atoms with Crippen molar-refractivity contribution in [3.8, 4) is 0 Å². The average molecular weight is 310 g/mol. The second kappa shape index (κ2) is 6.55. The lowest BCUT2D eigenvalue weighted by atomic mass is 9.90. The zero-order chi connectivity index (χ0) is 16.4. The smallest absolute Gasteiger partial charge is 0.126 e. The molecule has 0 fully saturated rings. The minimum absolute atomic E-state index is 0.00832. The molecular weight excluding hydrogens is 287 g/mol. The summed E-state index contributed by atoms with van der Waals surface area (Å²) in [7, 11) is 0. The summed E-state index contributed by atoms with van der Waals surface area (Å²) < 4.78 is 16.5. The molecule has 1 unspecified atom stereocenters. The van der Waals surface area contributed by atoms with Crippen LogP contribution in [0, 0.1) is 12.7 Å². The second-order valence-corrected chi connectivity index (χ2v) is 5.98. The Kier molecular flexibility index (Phi) is 4.49. The van der Waals surface area contributed by atoms with Crippen molar-refractivity contribution < 1.29 is 4.39 Å². The number of benzene rings is 2. The highest BCUT2D eigenvalue weighted by Crippen LogP contribution is 2.31. The highest BCUT2D eigenvalue weighted by atomic mass is 19.1. The number of aryl methyl sites for hydroxylation is 1. The quantitative estimate of drug-likeness (QED) is 0.744. The summed E-state index contributed by atoms with van der Waals surface area (Å²) in [5.41, 5.74) is 10.5. The Bertz CT molecular complexity index is 820. The van der Waals surface area contributed by atoms with Crippen LogP contribution in [0.3, 0.4) is 0 Å². The Hall–Kier alpha value is -2.13. The molecular formula is C20H23FN2. The molecule has 2 aromatic carbocycles. The van der Waals surface area contributed by atoms with Crippen molar-refractivity contribution in [2.75, 3.05) is 6.54 Å². The number of rotatable bonds is 5. The van der Waals surface area contributed by atoms with Crippen molar-refractivity contribution in [2.24, 2.45) is 5.73 Å². The number of nitrogens with two attached hydrogens (primary N) is 1. The maximum absolute atomic E-state index is 14.2. The molecule has 0 saturated heterocycles. The lowest BCUT2D eigenvalue weighted by molar-refractivity contribution is 0.575. The Morgan fingerprint density at radius 3 is 2.48 bits per heavy atom. The van der Waals surface area contributed by atoms with Crippen LogP contribution in [0.25, 0.3) is 10.9 Å². The van der Waals surface area contributed by atoms with E-state index in [1.165, 1.54) is 28.2 Å². The van der Waals surface area contributed by atoms with Crippen LogP contribution in [-0.2, 0) is 13.0 Å². The fraction of sp³-hybridized carbons (Fsp3) is 0.300. The third kappa shape index (κ3) is 2.77. The molecule has 0 amide bonds. The molecule has 0 saturated carbocycles. The lowest BCUT2D eigenvalue weighted by Gasteiger charge is -2.16. The van der Waals surface area contributed by atoms with Crippen LogP contribution < -0.4 is 5.73 Å². The molecule has 2 N–H and O–H groups in total. The Morgan fingerprint density at radius 1 is 1.09 bits per heavy atom. The SMILES string of the molecule is CCn1c(C)c(CC(CN)c2ccccc2F)c2ccccc21. The first kappa shape index (κ1) is 15.8. The molecule has 0 aliphatic heterocycles. The predicted molar refractivity (Wildman–Crippen MR) is 94.2 cm³/mol. The van der Waals surface area contributed by atoms with Gasteiger partial charge in [-0.3, -0.25) is 0 Å². The molecule has 0 bridgehead atoms. The van der Waals surface area contributed by atoms with Crippen LogP contribution in [-0.4, -0.2) is 11.1 Å². The molecule has 23 heavy (non-hydrogen) atoms. The van der Waals surface area contributed by atoms with Gasteiger partial charge >= 0.3 is 0 Å². The summed E-state index contributed by atoms with van der Waals surface area (Å²) in [4.78, 5) is 0. The maximum Gasteiger partial charge on any atom is 0.126 e. The topological polar surface area (TPSA) is 30.9 Å². The van der Waals surface area contributed by atoms with Gasteiger partial charge in [-0.15, -0.1) is 0 Å². The van der Waals surface area contributed by atoms with Gasteiger partial charge in [-0.05, 0) is 50.1 Å². The molecule has 0 spiro atoms. The minimum atomic E-state index is -0.167. The standard InChI is InChI=1S/C20H23FN2/c1-3-23-14(2)18(17-9-5-7-11-20(17)23)12-15(13-22)16-8-4-6-10-19(16)21/h4-11,15H,3,12-13,22H2,1-2H3. The van der Waals surface area contributed by atoms with Gasteiger partial charge in [-0.2, -0.15) is 0 Å². The van der Waals surface area contributed by atoms with Crippen LogP contribution >= 0.6 is 0 Å². The van der Waals surface area contributed by atoms with Crippen molar-refractivity contribution >= 4 is 10.9 Å². The zero-order valence-corrected chi connectivity index (χ0v) is 13.7. The highest BCUT2D eigenvalue weighted by molar-refractivity contribution is 5.85. The third-order valence-corrected chi connectivity index (χ3v) is 4.76. The van der Waals surface area contributed by atoms with E-state index >= 15 is 0 Å². The second-order valence-electron chi connectivity index (χ2n) is 5.98. The summed E-state index contributed by atoms with van der Waals surface area (Å²) in [5.74, 6) is -0.175. The van der Waals surface area contributed by atoms with Gasteiger partial charge < -0.3 is 10.3 Å². The van der Waals surface area contributed by atoms with Crippen LogP contribution in [0.2, 0.25) is 0 Å². The number of fused-ring (bicyclic) bond motifs is 1. The molecule has 1 atom stereocenters. The van der Waals surface area contributed by atoms with Crippen LogP contribution in [0.15, 0.2) is 48.5 Å². The fourth-order valence-corrected chi connectivity index (χ4v) is 3.54. The predicted octanol–water partition coefficient (Wildman–Crippen LogP) is 4.39. The molecule has 3 aromatic rings. The van der Waals surface area contributed by atoms with E-state index in [1.54, 1.807) is 6.07 Å². The number of aromatic nitrogens is 1. The van der Waals surface area contributed by atoms with E-state index in [0.29, 0.717) is 12.1 Å². The first-order valence-corrected chi connectivity index (χ1v) is 8.18. The lowest BCUT2D eigenvalue weighted by Crippen LogP contribution is -2.16. The van der Waals surface area contributed by atoms with Gasteiger partial charge in [0.2, 0.25) is 0 Å². The van der Waals surface area contributed by atoms with Gasteiger partial charge in [-0.25, -0.2) is 4.39 Å². The molecule has 1 heterocycles. The number of halogens is 1. The molecule has 0 aliphatic rings. The van der Waals surface area contributed by atoms with Gasteiger partial charge in [0.15, 0.2) is 0 Å². The third-order valence-electron chi connectivity index (χ3n) is 4.76. The number of nitrogens with zero attached hydrogens (tertiary/aromatic N) is 1. The average Bonchev–Trinajstić information content (AvgIpc) is 2.84. The molecule has 2 nitrogen and oxygen atoms in total. The highest BCUT2D eigenvalue weighted by Gasteiger charge is 2.19. The Balaban J connectivity index is 2.07. The summed E-state index contributed by atoms with van der Waals surface area (Å²) >= 11 is 0. The molecule has 3 heteroatoms. The van der Waals surface area contributed by atoms with Crippen molar-refractivity contribution in [1.29, 1.82) is 0 Å². The van der Waals surface area contributed by atoms with Crippen LogP contribution in [0.5, 0.6) is 0 Å². The first-order chi connectivity index (χ1) is 11.2. The summed E-state index contributed by atoms with van der Waals surface area (Å²) in [5, 5.41) is 1.25. The Morgan fingerprint density at radius 2 is 1.78 bits per heavy atom. The van der Waals surface area contributed by atoms with Crippen molar-refractivity contribution in [1.82, 2.24) is 4.57 Å². The van der Waals surface area contributed by atoms with E-state index in [4.69, 9.17) is 5.73 Å². The van der Waals surface area contributed by atoms with Crippen molar-refractivity contribution in [3.63, 3.8) is 0 Å². The monoisotopic (exact) mass is 310 g/mol. The summed E-state index contributed by atoms with van der Waals surface area (Å²) in [6.45, 7) is 5.67. The number of hydrogen-bond donors (Lipinski definition) is 1. The first-order valence-electron chi connectivity index (χ1n) is 8.18. The molecule has 0 aliphatic carbocycles. The van der Waals surface area contributed by atoms with Crippen molar-refractivity contribution in [3.05, 3.63) is 71.2 Å². The zero-order valence-electron chi connectivity index (χ0n) is 13.7. The van der Waals surface area contributed by atoms with Gasteiger partial charge in [0.05, 0.1) is 0 Å². The molecule has 1 aromatic heterocycles. The van der Waals surface area contributed by atoms with Crippen molar-refractivity contribution in [2.45, 2.75) is 32.7 Å². The van der Waals surface area contributed by atoms with Gasteiger partial charge in [0.25, 0.3) is 0 Å². The molecule has 3 rings (SSSR count). The van der Waals surface area contributed by atoms with E-state index in [0.717, 1.165) is 13.0 Å². The molecule has 120 valence electrons. The normalized spacial score (nSPS) is 12.7. The van der Waals surface area contributed by atoms with E-state index in [-0.39, 0.29) is 11.7 Å². The number of hydrogen-bond acceptors (Lipinski definition) is 1. The maximum atomic E-state index is 14.2. The van der Waals surface area contributed by atoms with E-state index in [2.05, 4.69) is 42.7 Å². The molecule has 0 radical (unpaired) electrons. The van der Waals surface area contributed by atoms with E-state index < -0.39 is 0 Å². The van der Waals surface area contributed by atoms with Gasteiger partial charge in [0, 0.05) is 29.1 Å². The van der Waals surface area contributed by atoms with Crippen LogP contribution in [0.1, 0.15) is 29.7 Å². The summed E-state index contributed by atoms with van der Waals surface area (Å²) in [6.07, 6.45) is 0.761. The fourth-order valence-electron chi connectivity index (χ4n) is 3.54. The minimum Gasteiger partial charge on any atom is -0.345 e. The van der Waals surface area contributed by atoms with Gasteiger partial charge in [0.1, 0.15) is 5.82 Å². The van der Waals surface area contributed by atoms with Gasteiger partial charge in [-0.1, -0.05) is 36.4 Å². The van der Waals surface area contributed by atoms with E-state index in [9.17, 15) is 4.39 Å². The summed E-state index contributed by atoms with van der Waals surface area (Å²) in [6, 6.07) is 15.4. The number of para-hydroxylation sites is 1. The largest absolute Gasteiger partial charge is 0.345 e. The Labute approximate surface area is 136 Å².